The molecule has 0 aliphatic heterocycles. The Morgan fingerprint density at radius 3 is 3.11 bits per heavy atom. The van der Waals surface area contributed by atoms with Gasteiger partial charge in [0.15, 0.2) is 5.58 Å². The Balaban J connectivity index is 1.56. The minimum atomic E-state index is 0.389. The molecule has 5 heteroatoms. The second-order valence-corrected chi connectivity index (χ2v) is 5.25. The Morgan fingerprint density at radius 1 is 1.32 bits per heavy atom. The molecule has 3 rings (SSSR count). The fourth-order valence-electron chi connectivity index (χ4n) is 1.84. The molecule has 0 radical (unpaired) electrons. The van der Waals surface area contributed by atoms with E-state index in [1.807, 2.05) is 12.1 Å². The highest BCUT2D eigenvalue weighted by Crippen LogP contribution is 2.18. The van der Waals surface area contributed by atoms with Gasteiger partial charge in [-0.05, 0) is 29.6 Å². The molecule has 2 heterocycles. The van der Waals surface area contributed by atoms with Crippen molar-refractivity contribution < 1.29 is 9.15 Å². The molecular formula is C14H14N2O2S. The smallest absolute Gasteiger partial charge is 0.221 e. The van der Waals surface area contributed by atoms with E-state index in [-0.39, 0.29) is 0 Å². The summed E-state index contributed by atoms with van der Waals surface area (Å²) in [5.74, 6) is 0.590. The first-order valence-corrected chi connectivity index (χ1v) is 6.94. The van der Waals surface area contributed by atoms with Crippen molar-refractivity contribution in [3.63, 3.8) is 0 Å². The van der Waals surface area contributed by atoms with Crippen LogP contribution in [-0.2, 0) is 17.8 Å². The van der Waals surface area contributed by atoms with Gasteiger partial charge in [0.2, 0.25) is 5.89 Å². The Hall–Kier alpha value is -1.85. The van der Waals surface area contributed by atoms with E-state index >= 15 is 0 Å². The number of thiophene rings is 1. The van der Waals surface area contributed by atoms with Crippen LogP contribution in [0.3, 0.4) is 0 Å². The lowest BCUT2D eigenvalue weighted by Crippen LogP contribution is -1.97. The highest BCUT2D eigenvalue weighted by atomic mass is 32.1. The zero-order valence-electron chi connectivity index (χ0n) is 10.3. The molecule has 3 aromatic rings. The summed E-state index contributed by atoms with van der Waals surface area (Å²) >= 11 is 1.74. The van der Waals surface area contributed by atoms with Gasteiger partial charge in [-0.15, -0.1) is 11.3 Å². The number of nitrogens with two attached hydrogens (primary N) is 1. The molecule has 1 aromatic carbocycles. The minimum Gasteiger partial charge on any atom is -0.438 e. The van der Waals surface area contributed by atoms with Crippen LogP contribution in [0.25, 0.3) is 11.1 Å². The van der Waals surface area contributed by atoms with Gasteiger partial charge >= 0.3 is 0 Å². The van der Waals surface area contributed by atoms with Gasteiger partial charge in [-0.2, -0.15) is 0 Å². The van der Waals surface area contributed by atoms with Crippen LogP contribution in [0.1, 0.15) is 10.8 Å². The third kappa shape index (κ3) is 2.94. The van der Waals surface area contributed by atoms with Crippen molar-refractivity contribution >= 4 is 28.1 Å². The summed E-state index contributed by atoms with van der Waals surface area (Å²) in [7, 11) is 0. The molecule has 19 heavy (non-hydrogen) atoms. The van der Waals surface area contributed by atoms with E-state index in [4.69, 9.17) is 14.9 Å². The molecular weight excluding hydrogens is 260 g/mol. The number of hydrogen-bond acceptors (Lipinski definition) is 5. The van der Waals surface area contributed by atoms with Crippen LogP contribution in [0.5, 0.6) is 0 Å². The lowest BCUT2D eigenvalue weighted by atomic mass is 10.3. The topological polar surface area (TPSA) is 61.3 Å². The van der Waals surface area contributed by atoms with Crippen LogP contribution < -0.4 is 5.73 Å². The fourth-order valence-corrected chi connectivity index (χ4v) is 2.53. The fraction of sp³-hybridized carbons (Fsp3) is 0.214. The predicted octanol–water partition coefficient (Wildman–Crippen LogP) is 3.23. The third-order valence-electron chi connectivity index (χ3n) is 2.75. The first-order chi connectivity index (χ1) is 9.31. The lowest BCUT2D eigenvalue weighted by molar-refractivity contribution is 0.107. The maximum absolute atomic E-state index is 5.70. The Bertz CT molecular complexity index is 661. The summed E-state index contributed by atoms with van der Waals surface area (Å²) in [5.41, 5.74) is 7.90. The van der Waals surface area contributed by atoms with Crippen LogP contribution in [-0.4, -0.2) is 11.6 Å². The first-order valence-electron chi connectivity index (χ1n) is 6.06. The Kier molecular flexibility index (Phi) is 3.48. The number of fused-ring (bicyclic) bond motifs is 1. The second-order valence-electron chi connectivity index (χ2n) is 4.22. The van der Waals surface area contributed by atoms with E-state index in [1.54, 1.807) is 23.5 Å². The predicted molar refractivity (Wildman–Crippen MR) is 76.1 cm³/mol. The lowest BCUT2D eigenvalue weighted by Gasteiger charge is -1.99. The van der Waals surface area contributed by atoms with Gasteiger partial charge < -0.3 is 14.9 Å². The number of nitrogen functional groups attached to an aromatic ring is 1. The van der Waals surface area contributed by atoms with Gasteiger partial charge in [-0.25, -0.2) is 4.98 Å². The van der Waals surface area contributed by atoms with Crippen molar-refractivity contribution in [3.05, 3.63) is 46.5 Å². The molecule has 0 atom stereocenters. The summed E-state index contributed by atoms with van der Waals surface area (Å²) < 4.78 is 11.1. The van der Waals surface area contributed by atoms with Crippen molar-refractivity contribution in [3.8, 4) is 0 Å². The average Bonchev–Trinajstić information content (AvgIpc) is 3.02. The van der Waals surface area contributed by atoms with Gasteiger partial charge in [0.25, 0.3) is 0 Å². The third-order valence-corrected chi connectivity index (χ3v) is 3.69. The number of anilines is 1. The number of rotatable bonds is 5. The molecule has 0 aliphatic rings. The number of nitrogens with zero attached hydrogens (tertiary/aromatic N) is 1. The summed E-state index contributed by atoms with van der Waals surface area (Å²) in [5, 5.41) is 2.07. The molecule has 0 amide bonds. The standard InChI is InChI=1S/C14H14N2O2S/c15-10-3-4-13-12(8-10)16-14(18-13)9-17-6-5-11-2-1-7-19-11/h1-4,7-8H,5-6,9,15H2. The normalized spacial score (nSPS) is 11.2. The number of hydrogen-bond donors (Lipinski definition) is 1. The maximum atomic E-state index is 5.70. The van der Waals surface area contributed by atoms with Gasteiger partial charge in [0.1, 0.15) is 12.1 Å². The van der Waals surface area contributed by atoms with Gasteiger partial charge in [0.05, 0.1) is 6.61 Å². The molecule has 0 saturated carbocycles. The van der Waals surface area contributed by atoms with E-state index in [9.17, 15) is 0 Å². The molecule has 98 valence electrons. The first kappa shape index (κ1) is 12.2. The number of benzene rings is 1. The monoisotopic (exact) mass is 274 g/mol. The summed E-state index contributed by atoms with van der Waals surface area (Å²) in [4.78, 5) is 5.66. The van der Waals surface area contributed by atoms with Crippen LogP contribution in [0, 0.1) is 0 Å². The summed E-state index contributed by atoms with van der Waals surface area (Å²) in [6, 6.07) is 9.58. The number of aromatic nitrogens is 1. The molecule has 0 fully saturated rings. The summed E-state index contributed by atoms with van der Waals surface area (Å²) in [6.07, 6.45) is 0.921. The molecule has 0 unspecified atom stereocenters. The van der Waals surface area contributed by atoms with Crippen molar-refractivity contribution in [1.82, 2.24) is 4.98 Å². The van der Waals surface area contributed by atoms with Crippen molar-refractivity contribution in [1.29, 1.82) is 0 Å². The molecule has 4 nitrogen and oxygen atoms in total. The van der Waals surface area contributed by atoms with Crippen LogP contribution in [0.15, 0.2) is 40.1 Å². The van der Waals surface area contributed by atoms with E-state index in [1.165, 1.54) is 4.88 Å². The van der Waals surface area contributed by atoms with Crippen molar-refractivity contribution in [2.45, 2.75) is 13.0 Å². The number of oxazole rings is 1. The van der Waals surface area contributed by atoms with Crippen molar-refractivity contribution in [2.75, 3.05) is 12.3 Å². The second kappa shape index (κ2) is 5.42. The van der Waals surface area contributed by atoms with Gasteiger partial charge in [-0.1, -0.05) is 6.07 Å². The van der Waals surface area contributed by atoms with E-state index in [2.05, 4.69) is 16.4 Å². The van der Waals surface area contributed by atoms with Crippen molar-refractivity contribution in [2.24, 2.45) is 0 Å². The highest BCUT2D eigenvalue weighted by molar-refractivity contribution is 7.09. The molecule has 0 bridgehead atoms. The quantitative estimate of drug-likeness (QED) is 0.573. The van der Waals surface area contributed by atoms with E-state index < -0.39 is 0 Å². The maximum Gasteiger partial charge on any atom is 0.221 e. The molecule has 0 spiro atoms. The van der Waals surface area contributed by atoms with Crippen LogP contribution in [0.2, 0.25) is 0 Å². The molecule has 0 aliphatic carbocycles. The zero-order valence-corrected chi connectivity index (χ0v) is 11.2. The van der Waals surface area contributed by atoms with E-state index in [0.717, 1.165) is 17.5 Å². The minimum absolute atomic E-state index is 0.389. The number of ether oxygens (including phenoxy) is 1. The zero-order chi connectivity index (χ0) is 13.1. The molecule has 2 N–H and O–H groups in total. The van der Waals surface area contributed by atoms with Crippen LogP contribution in [0.4, 0.5) is 5.69 Å². The molecule has 2 aromatic heterocycles. The van der Waals surface area contributed by atoms with Gasteiger partial charge in [0, 0.05) is 17.0 Å². The van der Waals surface area contributed by atoms with Crippen LogP contribution >= 0.6 is 11.3 Å². The molecule has 0 saturated heterocycles. The Labute approximate surface area is 114 Å². The average molecular weight is 274 g/mol. The van der Waals surface area contributed by atoms with Gasteiger partial charge in [-0.3, -0.25) is 0 Å². The summed E-state index contributed by atoms with van der Waals surface area (Å²) in [6.45, 7) is 1.06. The van der Waals surface area contributed by atoms with E-state index in [0.29, 0.717) is 24.8 Å². The largest absolute Gasteiger partial charge is 0.438 e. The highest BCUT2D eigenvalue weighted by Gasteiger charge is 2.06. The Morgan fingerprint density at radius 2 is 2.26 bits per heavy atom. The SMILES string of the molecule is Nc1ccc2oc(COCCc3cccs3)nc2c1.